The van der Waals surface area contributed by atoms with Gasteiger partial charge >= 0.3 is 0 Å². The number of hydrogen-bond donors (Lipinski definition) is 1. The number of rotatable bonds is 2. The van der Waals surface area contributed by atoms with Crippen molar-refractivity contribution in [3.63, 3.8) is 0 Å². The van der Waals surface area contributed by atoms with E-state index in [0.717, 1.165) is 0 Å². The summed E-state index contributed by atoms with van der Waals surface area (Å²) < 4.78 is 12.7. The molecule has 98 valence electrons. The molecule has 0 radical (unpaired) electrons. The second-order valence-corrected chi connectivity index (χ2v) is 4.15. The fourth-order valence-electron chi connectivity index (χ4n) is 1.91. The zero-order chi connectivity index (χ0) is 13.2. The molecule has 6 nitrogen and oxygen atoms in total. The molecular weight excluding hydrogens is 246 g/mol. The van der Waals surface area contributed by atoms with E-state index in [0.29, 0.717) is 36.2 Å². The van der Waals surface area contributed by atoms with Gasteiger partial charge in [0.2, 0.25) is 5.95 Å². The third-order valence-corrected chi connectivity index (χ3v) is 2.86. The number of fused-ring (bicyclic) bond motifs is 1. The Bertz CT molecular complexity index is 621. The van der Waals surface area contributed by atoms with Gasteiger partial charge in [-0.25, -0.2) is 4.98 Å². The number of aromatic nitrogens is 2. The Labute approximate surface area is 110 Å². The lowest BCUT2D eigenvalue weighted by molar-refractivity contribution is 0.101. The predicted octanol–water partition coefficient (Wildman–Crippen LogP) is 1.44. The maximum Gasteiger partial charge on any atom is 0.261 e. The first-order chi connectivity index (χ1) is 9.25. The highest BCUT2D eigenvalue weighted by Gasteiger charge is 2.20. The molecule has 1 aliphatic rings. The molecule has 2 aromatic rings. The van der Waals surface area contributed by atoms with Crippen LogP contribution in [-0.2, 0) is 7.05 Å². The van der Waals surface area contributed by atoms with Crippen LogP contribution >= 0.6 is 0 Å². The number of aryl methyl sites for hydroxylation is 1. The molecule has 2 heterocycles. The summed E-state index contributed by atoms with van der Waals surface area (Å²) >= 11 is 0. The van der Waals surface area contributed by atoms with Gasteiger partial charge in [-0.15, -0.1) is 0 Å². The second-order valence-electron chi connectivity index (χ2n) is 4.15. The number of benzene rings is 1. The number of carbonyl (C=O) groups is 1. The van der Waals surface area contributed by atoms with E-state index >= 15 is 0 Å². The van der Waals surface area contributed by atoms with E-state index in [1.807, 2.05) is 7.05 Å². The normalized spacial score (nSPS) is 13.1. The maximum atomic E-state index is 12.2. The monoisotopic (exact) mass is 259 g/mol. The van der Waals surface area contributed by atoms with Crippen molar-refractivity contribution < 1.29 is 14.3 Å². The van der Waals surface area contributed by atoms with Gasteiger partial charge in [0.25, 0.3) is 5.91 Å². The Morgan fingerprint density at radius 1 is 1.37 bits per heavy atom. The number of amides is 1. The van der Waals surface area contributed by atoms with Crippen molar-refractivity contribution in [1.82, 2.24) is 9.55 Å². The highest BCUT2D eigenvalue weighted by atomic mass is 16.6. The van der Waals surface area contributed by atoms with Crippen LogP contribution < -0.4 is 14.8 Å². The summed E-state index contributed by atoms with van der Waals surface area (Å²) in [6.07, 6.45) is 3.38. The number of ether oxygens (including phenoxy) is 2. The van der Waals surface area contributed by atoms with Gasteiger partial charge in [0, 0.05) is 19.4 Å². The predicted molar refractivity (Wildman–Crippen MR) is 68.6 cm³/mol. The van der Waals surface area contributed by atoms with E-state index in [9.17, 15) is 4.79 Å². The molecule has 3 rings (SSSR count). The van der Waals surface area contributed by atoms with Gasteiger partial charge in [0.05, 0.1) is 5.56 Å². The Balaban J connectivity index is 1.90. The van der Waals surface area contributed by atoms with Gasteiger partial charge in [-0.3, -0.25) is 10.1 Å². The van der Waals surface area contributed by atoms with Crippen molar-refractivity contribution in [2.45, 2.75) is 0 Å². The van der Waals surface area contributed by atoms with Crippen LogP contribution in [0.15, 0.2) is 30.6 Å². The first-order valence-corrected chi connectivity index (χ1v) is 5.93. The lowest BCUT2D eigenvalue weighted by Gasteiger charge is -2.20. The standard InChI is InChI=1S/C13H13N3O3/c1-16-6-5-14-13(16)15-12(17)9-3-2-4-10-11(9)19-8-7-18-10/h2-6H,7-8H2,1H3,(H,14,15,17). The SMILES string of the molecule is Cn1ccnc1NC(=O)c1cccc2c1OCCO2. The average Bonchev–Trinajstić information content (AvgIpc) is 2.83. The van der Waals surface area contributed by atoms with Gasteiger partial charge < -0.3 is 14.0 Å². The van der Waals surface area contributed by atoms with Crippen LogP contribution in [0, 0.1) is 0 Å². The average molecular weight is 259 g/mol. The molecular formula is C13H13N3O3. The van der Waals surface area contributed by atoms with Crippen molar-refractivity contribution >= 4 is 11.9 Å². The lowest BCUT2D eigenvalue weighted by atomic mass is 10.1. The molecule has 6 heteroatoms. The molecule has 0 unspecified atom stereocenters. The number of carbonyl (C=O) groups excluding carboxylic acids is 1. The van der Waals surface area contributed by atoms with Crippen molar-refractivity contribution in [2.24, 2.45) is 7.05 Å². The Kier molecular flexibility index (Phi) is 2.83. The van der Waals surface area contributed by atoms with E-state index in [-0.39, 0.29) is 5.91 Å². The van der Waals surface area contributed by atoms with Crippen LogP contribution in [0.25, 0.3) is 0 Å². The third kappa shape index (κ3) is 2.12. The molecule has 0 fully saturated rings. The molecule has 1 aliphatic heterocycles. The lowest BCUT2D eigenvalue weighted by Crippen LogP contribution is -2.21. The summed E-state index contributed by atoms with van der Waals surface area (Å²) in [7, 11) is 1.81. The van der Waals surface area contributed by atoms with Crippen molar-refractivity contribution in [3.8, 4) is 11.5 Å². The van der Waals surface area contributed by atoms with E-state index < -0.39 is 0 Å². The largest absolute Gasteiger partial charge is 0.486 e. The number of para-hydroxylation sites is 1. The second kappa shape index (κ2) is 4.64. The van der Waals surface area contributed by atoms with Gasteiger partial charge in [-0.1, -0.05) is 6.07 Å². The third-order valence-electron chi connectivity index (χ3n) is 2.86. The number of imidazole rings is 1. The minimum absolute atomic E-state index is 0.267. The summed E-state index contributed by atoms with van der Waals surface area (Å²) in [6.45, 7) is 0.942. The van der Waals surface area contributed by atoms with Crippen LogP contribution in [0.2, 0.25) is 0 Å². The van der Waals surface area contributed by atoms with Gasteiger partial charge in [-0.2, -0.15) is 0 Å². The van der Waals surface area contributed by atoms with E-state index in [2.05, 4.69) is 10.3 Å². The fraction of sp³-hybridized carbons (Fsp3) is 0.231. The quantitative estimate of drug-likeness (QED) is 0.886. The Morgan fingerprint density at radius 2 is 2.21 bits per heavy atom. The fourth-order valence-corrected chi connectivity index (χ4v) is 1.91. The van der Waals surface area contributed by atoms with Crippen LogP contribution in [0.5, 0.6) is 11.5 Å². The van der Waals surface area contributed by atoms with Crippen LogP contribution in [-0.4, -0.2) is 28.7 Å². The number of nitrogens with zero attached hydrogens (tertiary/aromatic N) is 2. The summed E-state index contributed by atoms with van der Waals surface area (Å²) in [5.41, 5.74) is 0.445. The first-order valence-electron chi connectivity index (χ1n) is 5.93. The zero-order valence-corrected chi connectivity index (χ0v) is 10.4. The molecule has 19 heavy (non-hydrogen) atoms. The summed E-state index contributed by atoms with van der Waals surface area (Å²) in [5, 5.41) is 2.73. The topological polar surface area (TPSA) is 65.4 Å². The van der Waals surface area contributed by atoms with Crippen molar-refractivity contribution in [1.29, 1.82) is 0 Å². The van der Waals surface area contributed by atoms with Gasteiger partial charge in [0.15, 0.2) is 11.5 Å². The van der Waals surface area contributed by atoms with E-state index in [1.54, 1.807) is 35.2 Å². The minimum Gasteiger partial charge on any atom is -0.486 e. The molecule has 0 atom stereocenters. The van der Waals surface area contributed by atoms with E-state index in [4.69, 9.17) is 9.47 Å². The number of hydrogen-bond acceptors (Lipinski definition) is 4. The molecule has 1 N–H and O–H groups in total. The summed E-state index contributed by atoms with van der Waals surface area (Å²) in [5.74, 6) is 1.30. The summed E-state index contributed by atoms with van der Waals surface area (Å²) in [4.78, 5) is 16.3. The van der Waals surface area contributed by atoms with Crippen molar-refractivity contribution in [2.75, 3.05) is 18.5 Å². The zero-order valence-electron chi connectivity index (χ0n) is 10.4. The van der Waals surface area contributed by atoms with Crippen LogP contribution in [0.1, 0.15) is 10.4 Å². The van der Waals surface area contributed by atoms with Crippen LogP contribution in [0.3, 0.4) is 0 Å². The van der Waals surface area contributed by atoms with Gasteiger partial charge in [0.1, 0.15) is 13.2 Å². The molecule has 0 saturated carbocycles. The number of nitrogens with one attached hydrogen (secondary N) is 1. The maximum absolute atomic E-state index is 12.2. The molecule has 0 spiro atoms. The number of anilines is 1. The molecule has 1 amide bonds. The molecule has 1 aromatic heterocycles. The van der Waals surface area contributed by atoms with Gasteiger partial charge in [-0.05, 0) is 12.1 Å². The van der Waals surface area contributed by atoms with E-state index in [1.165, 1.54) is 0 Å². The summed E-state index contributed by atoms with van der Waals surface area (Å²) in [6, 6.07) is 5.25. The minimum atomic E-state index is -0.267. The highest BCUT2D eigenvalue weighted by molar-refractivity contribution is 6.06. The first kappa shape index (κ1) is 11.6. The highest BCUT2D eigenvalue weighted by Crippen LogP contribution is 2.33. The molecule has 0 bridgehead atoms. The molecule has 0 aliphatic carbocycles. The van der Waals surface area contributed by atoms with Crippen LogP contribution in [0.4, 0.5) is 5.95 Å². The smallest absolute Gasteiger partial charge is 0.261 e. The molecule has 1 aromatic carbocycles. The van der Waals surface area contributed by atoms with Crippen molar-refractivity contribution in [3.05, 3.63) is 36.2 Å². The Morgan fingerprint density at radius 3 is 3.00 bits per heavy atom. The molecule has 0 saturated heterocycles. The Hall–Kier alpha value is -2.50.